The maximum atomic E-state index is 12.5. The summed E-state index contributed by atoms with van der Waals surface area (Å²) in [5, 5.41) is 0.982. The molecule has 4 rings (SSSR count). The van der Waals surface area contributed by atoms with Crippen molar-refractivity contribution in [3.8, 4) is 17.2 Å². The Hall–Kier alpha value is -4.26. The molecule has 1 heterocycles. The molecule has 0 fully saturated rings. The highest BCUT2D eigenvalue weighted by atomic mass is 19.3. The van der Waals surface area contributed by atoms with E-state index in [0.717, 1.165) is 22.0 Å². The van der Waals surface area contributed by atoms with Gasteiger partial charge in [-0.15, -0.1) is 0 Å². The molecule has 0 aliphatic rings. The largest absolute Gasteiger partial charge is 0.496 e. The van der Waals surface area contributed by atoms with Gasteiger partial charge in [0.2, 0.25) is 0 Å². The van der Waals surface area contributed by atoms with Gasteiger partial charge in [-0.3, -0.25) is 9.78 Å². The molecule has 0 aliphatic carbocycles. The van der Waals surface area contributed by atoms with Gasteiger partial charge >= 0.3 is 6.61 Å². The number of aromatic nitrogens is 1. The summed E-state index contributed by atoms with van der Waals surface area (Å²) in [4.78, 5) is 16.9. The Morgan fingerprint density at radius 3 is 2.56 bits per heavy atom. The third-order valence-corrected chi connectivity index (χ3v) is 5.07. The number of benzene rings is 3. The number of carbonyl (C=O) groups is 1. The Morgan fingerprint density at radius 2 is 1.79 bits per heavy atom. The second kappa shape index (κ2) is 10.6. The maximum Gasteiger partial charge on any atom is 0.387 e. The van der Waals surface area contributed by atoms with E-state index >= 15 is 0 Å². The molecule has 4 aromatic rings. The lowest BCUT2D eigenvalue weighted by Gasteiger charge is -2.12. The number of fused-ring (bicyclic) bond motifs is 1. The molecule has 0 saturated heterocycles. The van der Waals surface area contributed by atoms with Gasteiger partial charge < -0.3 is 14.2 Å². The number of nitrogens with zero attached hydrogens (tertiary/aromatic N) is 1. The number of halogens is 2. The van der Waals surface area contributed by atoms with Gasteiger partial charge in [0.25, 0.3) is 0 Å². The van der Waals surface area contributed by atoms with Gasteiger partial charge in [0.1, 0.15) is 29.4 Å². The zero-order valence-corrected chi connectivity index (χ0v) is 18.3. The molecule has 172 valence electrons. The van der Waals surface area contributed by atoms with Crippen LogP contribution in [0.4, 0.5) is 8.78 Å². The van der Waals surface area contributed by atoms with E-state index in [1.54, 1.807) is 25.4 Å². The molecule has 1 aromatic heterocycles. The number of hydrogen-bond donors (Lipinski definition) is 0. The maximum absolute atomic E-state index is 12.5. The van der Waals surface area contributed by atoms with Crippen LogP contribution in [0.5, 0.6) is 17.2 Å². The lowest BCUT2D eigenvalue weighted by Crippen LogP contribution is -2.02. The fourth-order valence-electron chi connectivity index (χ4n) is 3.43. The molecule has 0 unspecified atom stereocenters. The monoisotopic (exact) mass is 461 g/mol. The van der Waals surface area contributed by atoms with Gasteiger partial charge in [-0.1, -0.05) is 30.3 Å². The first-order valence-electron chi connectivity index (χ1n) is 10.4. The van der Waals surface area contributed by atoms with Crippen LogP contribution in [0, 0.1) is 0 Å². The Morgan fingerprint density at radius 1 is 1.00 bits per heavy atom. The van der Waals surface area contributed by atoms with E-state index in [4.69, 9.17) is 9.47 Å². The summed E-state index contributed by atoms with van der Waals surface area (Å²) >= 11 is 0. The first-order valence-corrected chi connectivity index (χ1v) is 10.4. The number of pyridine rings is 1. The van der Waals surface area contributed by atoms with Crippen LogP contribution in [-0.4, -0.2) is 24.5 Å². The van der Waals surface area contributed by atoms with Crippen molar-refractivity contribution in [2.75, 3.05) is 7.11 Å². The number of hydrogen-bond acceptors (Lipinski definition) is 5. The number of methoxy groups -OCH3 is 1. The average molecular weight is 461 g/mol. The van der Waals surface area contributed by atoms with Crippen LogP contribution in [0.1, 0.15) is 21.5 Å². The SMILES string of the molecule is COc1ccc(/C=C/C(=O)c2ccc(OC(F)F)cc2)cc1COc1cccc2cccnc12. The Labute approximate surface area is 195 Å². The average Bonchev–Trinajstić information content (AvgIpc) is 2.86. The second-order valence-corrected chi connectivity index (χ2v) is 7.29. The summed E-state index contributed by atoms with van der Waals surface area (Å²) in [6, 6.07) is 20.6. The summed E-state index contributed by atoms with van der Waals surface area (Å²) in [6.45, 7) is -2.66. The van der Waals surface area contributed by atoms with Gasteiger partial charge in [-0.25, -0.2) is 0 Å². The van der Waals surface area contributed by atoms with Gasteiger partial charge in [-0.05, 0) is 60.2 Å². The van der Waals surface area contributed by atoms with E-state index < -0.39 is 6.61 Å². The molecule has 3 aromatic carbocycles. The standard InChI is InChI=1S/C27H21F2NO4/c1-32-24-14-8-18(7-13-23(31)19-9-11-22(12-10-19)34-27(28)29)16-21(24)17-33-25-6-2-4-20-5-3-15-30-26(20)25/h2-16,27H,17H2,1H3/b13-7+. The van der Waals surface area contributed by atoms with Crippen molar-refractivity contribution in [3.05, 3.63) is 102 Å². The van der Waals surface area contributed by atoms with E-state index in [9.17, 15) is 13.6 Å². The smallest absolute Gasteiger partial charge is 0.387 e. The number of rotatable bonds is 9. The predicted molar refractivity (Wildman–Crippen MR) is 126 cm³/mol. The second-order valence-electron chi connectivity index (χ2n) is 7.29. The number of allylic oxidation sites excluding steroid dienone is 1. The molecule has 0 amide bonds. The molecular weight excluding hydrogens is 440 g/mol. The molecule has 5 nitrogen and oxygen atoms in total. The minimum atomic E-state index is -2.91. The lowest BCUT2D eigenvalue weighted by molar-refractivity contribution is -0.0498. The fraction of sp³-hybridized carbons (Fsp3) is 0.111. The van der Waals surface area contributed by atoms with Crippen molar-refractivity contribution < 1.29 is 27.8 Å². The van der Waals surface area contributed by atoms with Crippen LogP contribution < -0.4 is 14.2 Å². The molecule has 0 atom stereocenters. The van der Waals surface area contributed by atoms with Crippen molar-refractivity contribution in [1.29, 1.82) is 0 Å². The fourth-order valence-corrected chi connectivity index (χ4v) is 3.43. The first-order chi connectivity index (χ1) is 16.5. The molecule has 0 bridgehead atoms. The normalized spacial score (nSPS) is 11.2. The highest BCUT2D eigenvalue weighted by Gasteiger charge is 2.09. The van der Waals surface area contributed by atoms with Crippen LogP contribution in [0.15, 0.2) is 85.1 Å². The summed E-state index contributed by atoms with van der Waals surface area (Å²) < 4.78 is 40.3. The van der Waals surface area contributed by atoms with Crippen molar-refractivity contribution in [1.82, 2.24) is 4.98 Å². The van der Waals surface area contributed by atoms with Crippen LogP contribution in [0.3, 0.4) is 0 Å². The molecular formula is C27H21F2NO4. The highest BCUT2D eigenvalue weighted by molar-refractivity contribution is 6.06. The van der Waals surface area contributed by atoms with Crippen LogP contribution in [-0.2, 0) is 6.61 Å². The van der Waals surface area contributed by atoms with Crippen molar-refractivity contribution in [2.24, 2.45) is 0 Å². The van der Waals surface area contributed by atoms with Crippen molar-refractivity contribution in [2.45, 2.75) is 13.2 Å². The Kier molecular flexibility index (Phi) is 7.13. The molecule has 0 radical (unpaired) electrons. The van der Waals surface area contributed by atoms with Crippen LogP contribution in [0.2, 0.25) is 0 Å². The number of ketones is 1. The number of ether oxygens (including phenoxy) is 3. The van der Waals surface area contributed by atoms with Gasteiger partial charge in [-0.2, -0.15) is 8.78 Å². The quantitative estimate of drug-likeness (QED) is 0.216. The van der Waals surface area contributed by atoms with Crippen molar-refractivity contribution >= 4 is 22.8 Å². The van der Waals surface area contributed by atoms with Gasteiger partial charge in [0.05, 0.1) is 7.11 Å². The third-order valence-electron chi connectivity index (χ3n) is 5.07. The molecule has 0 N–H and O–H groups in total. The Bertz CT molecular complexity index is 1310. The third kappa shape index (κ3) is 5.56. The van der Waals surface area contributed by atoms with E-state index in [1.165, 1.54) is 30.3 Å². The molecule has 0 saturated carbocycles. The predicted octanol–water partition coefficient (Wildman–Crippen LogP) is 6.32. The van der Waals surface area contributed by atoms with E-state index in [1.807, 2.05) is 42.5 Å². The minimum absolute atomic E-state index is 0.00304. The molecule has 0 aliphatic heterocycles. The van der Waals surface area contributed by atoms with E-state index in [-0.39, 0.29) is 18.1 Å². The summed E-state index contributed by atoms with van der Waals surface area (Å²) in [5.41, 5.74) is 2.72. The number of para-hydroxylation sites is 1. The summed E-state index contributed by atoms with van der Waals surface area (Å²) in [5.74, 6) is 1.05. The van der Waals surface area contributed by atoms with Gasteiger partial charge in [0.15, 0.2) is 5.78 Å². The van der Waals surface area contributed by atoms with E-state index in [2.05, 4.69) is 9.72 Å². The number of alkyl halides is 2. The van der Waals surface area contributed by atoms with Crippen LogP contribution in [0.25, 0.3) is 17.0 Å². The Balaban J connectivity index is 1.48. The lowest BCUT2D eigenvalue weighted by atomic mass is 10.1. The summed E-state index contributed by atoms with van der Waals surface area (Å²) in [6.07, 6.45) is 4.82. The van der Waals surface area contributed by atoms with E-state index in [0.29, 0.717) is 17.1 Å². The molecule has 0 spiro atoms. The van der Waals surface area contributed by atoms with Crippen molar-refractivity contribution in [3.63, 3.8) is 0 Å². The molecule has 34 heavy (non-hydrogen) atoms. The highest BCUT2D eigenvalue weighted by Crippen LogP contribution is 2.27. The number of carbonyl (C=O) groups excluding carboxylic acids is 1. The summed E-state index contributed by atoms with van der Waals surface area (Å²) in [7, 11) is 1.58. The van der Waals surface area contributed by atoms with Crippen LogP contribution >= 0.6 is 0 Å². The topological polar surface area (TPSA) is 57.7 Å². The zero-order chi connectivity index (χ0) is 23.9. The zero-order valence-electron chi connectivity index (χ0n) is 18.3. The first kappa shape index (κ1) is 22.9. The minimum Gasteiger partial charge on any atom is -0.496 e. The van der Waals surface area contributed by atoms with Gasteiger partial charge in [0, 0.05) is 22.7 Å². The molecule has 7 heteroatoms.